The maximum absolute atomic E-state index is 14.1. The predicted molar refractivity (Wildman–Crippen MR) is 103 cm³/mol. The predicted octanol–water partition coefficient (Wildman–Crippen LogP) is 6.33. The molecule has 148 valence electrons. The van der Waals surface area contributed by atoms with Crippen LogP contribution < -0.4 is 0 Å². The van der Waals surface area contributed by atoms with Crippen LogP contribution in [-0.4, -0.2) is 18.2 Å². The van der Waals surface area contributed by atoms with Crippen LogP contribution in [0.4, 0.5) is 13.2 Å². The van der Waals surface area contributed by atoms with Crippen LogP contribution in [0.3, 0.4) is 0 Å². The molecule has 2 heterocycles. The maximum atomic E-state index is 14.1. The number of carbonyl (C=O) groups is 1. The van der Waals surface area contributed by atoms with Gasteiger partial charge in [0, 0.05) is 15.6 Å². The Morgan fingerprint density at radius 3 is 2.36 bits per heavy atom. The van der Waals surface area contributed by atoms with Crippen molar-refractivity contribution in [1.29, 1.82) is 0 Å². The van der Waals surface area contributed by atoms with Crippen LogP contribution >= 0.6 is 34.5 Å². The zero-order valence-corrected chi connectivity index (χ0v) is 16.7. The van der Waals surface area contributed by atoms with E-state index in [1.807, 2.05) is 0 Å². The van der Waals surface area contributed by atoms with Crippen LogP contribution in [0.5, 0.6) is 0 Å². The highest BCUT2D eigenvalue weighted by Gasteiger charge is 2.62. The fraction of sp³-hybridized carbons (Fsp3) is 0.368. The molecule has 9 heteroatoms. The molecule has 28 heavy (non-hydrogen) atoms. The van der Waals surface area contributed by atoms with Gasteiger partial charge in [-0.05, 0) is 55.0 Å². The normalized spacial score (nSPS) is 21.8. The summed E-state index contributed by atoms with van der Waals surface area (Å²) in [6.07, 6.45) is -1.12. The van der Waals surface area contributed by atoms with Gasteiger partial charge >= 0.3 is 6.18 Å². The third-order valence-electron chi connectivity index (χ3n) is 5.14. The molecule has 2 aromatic rings. The first kappa shape index (κ1) is 19.7. The summed E-state index contributed by atoms with van der Waals surface area (Å²) in [6, 6.07) is 3.75. The zero-order valence-electron chi connectivity index (χ0n) is 14.4. The molecule has 4 rings (SSSR count). The van der Waals surface area contributed by atoms with Crippen molar-refractivity contribution in [2.75, 3.05) is 0 Å². The molecular weight excluding hydrogens is 434 g/mol. The number of benzene rings is 1. The minimum absolute atomic E-state index is 0.0833. The number of hydrogen-bond acceptors (Lipinski definition) is 4. The Balaban J connectivity index is 1.78. The van der Waals surface area contributed by atoms with E-state index in [4.69, 9.17) is 28.0 Å². The van der Waals surface area contributed by atoms with Crippen molar-refractivity contribution in [3.63, 3.8) is 0 Å². The Labute approximate surface area is 173 Å². The Morgan fingerprint density at radius 1 is 1.11 bits per heavy atom. The van der Waals surface area contributed by atoms with Crippen LogP contribution in [0.2, 0.25) is 10.0 Å². The van der Waals surface area contributed by atoms with Crippen LogP contribution in [-0.2, 0) is 23.3 Å². The number of aldehydes is 1. The highest BCUT2D eigenvalue weighted by Crippen LogP contribution is 2.50. The molecule has 3 nitrogen and oxygen atoms in total. The second kappa shape index (κ2) is 7.04. The quantitative estimate of drug-likeness (QED) is 0.515. The number of nitrogens with zero attached hydrogens (tertiary/aromatic N) is 1. The van der Waals surface area contributed by atoms with E-state index in [0.29, 0.717) is 9.75 Å². The number of thiophene rings is 1. The summed E-state index contributed by atoms with van der Waals surface area (Å²) < 4.78 is 42.4. The molecule has 0 amide bonds. The third kappa shape index (κ3) is 3.13. The van der Waals surface area contributed by atoms with Gasteiger partial charge in [0.1, 0.15) is 5.71 Å². The van der Waals surface area contributed by atoms with Gasteiger partial charge in [0.25, 0.3) is 5.60 Å². The summed E-state index contributed by atoms with van der Waals surface area (Å²) in [5.74, 6) is 0. The van der Waals surface area contributed by atoms with E-state index in [2.05, 4.69) is 5.16 Å². The third-order valence-corrected chi connectivity index (χ3v) is 6.82. The van der Waals surface area contributed by atoms with Gasteiger partial charge in [-0.1, -0.05) is 28.4 Å². The summed E-state index contributed by atoms with van der Waals surface area (Å²) in [5, 5.41) is 3.99. The van der Waals surface area contributed by atoms with E-state index in [1.165, 1.54) is 29.5 Å². The van der Waals surface area contributed by atoms with Gasteiger partial charge in [-0.15, -0.1) is 11.3 Å². The molecule has 2 aliphatic rings. The second-order valence-electron chi connectivity index (χ2n) is 6.87. The Morgan fingerprint density at radius 2 is 1.75 bits per heavy atom. The molecular formula is C19H14Cl2F3NO2S. The van der Waals surface area contributed by atoms with E-state index in [9.17, 15) is 18.0 Å². The van der Waals surface area contributed by atoms with Crippen LogP contribution in [0.1, 0.15) is 50.5 Å². The number of fused-ring (bicyclic) bond motifs is 1. The minimum Gasteiger partial charge on any atom is -0.374 e. The van der Waals surface area contributed by atoms with Crippen molar-refractivity contribution in [3.8, 4) is 0 Å². The summed E-state index contributed by atoms with van der Waals surface area (Å²) >= 11 is 13.0. The lowest BCUT2D eigenvalue weighted by Gasteiger charge is -2.29. The molecule has 1 aromatic carbocycles. The van der Waals surface area contributed by atoms with Gasteiger partial charge in [0.05, 0.1) is 16.2 Å². The molecule has 1 aliphatic heterocycles. The number of hydrogen-bond donors (Lipinski definition) is 0. The fourth-order valence-electron chi connectivity index (χ4n) is 3.80. The van der Waals surface area contributed by atoms with E-state index < -0.39 is 18.2 Å². The van der Waals surface area contributed by atoms with Gasteiger partial charge in [-0.3, -0.25) is 4.79 Å². The number of rotatable bonds is 3. The Hall–Kier alpha value is -1.57. The molecule has 0 radical (unpaired) electrons. The van der Waals surface area contributed by atoms with Gasteiger partial charge in [0.15, 0.2) is 6.29 Å². The first-order chi connectivity index (χ1) is 13.2. The maximum Gasteiger partial charge on any atom is 0.435 e. The van der Waals surface area contributed by atoms with Gasteiger partial charge in [-0.25, -0.2) is 0 Å². The minimum atomic E-state index is -4.74. The Bertz CT molecular complexity index is 966. The highest BCUT2D eigenvalue weighted by molar-refractivity contribution is 7.16. The number of alkyl halides is 3. The molecule has 1 aliphatic carbocycles. The molecule has 0 saturated carbocycles. The smallest absolute Gasteiger partial charge is 0.374 e. The van der Waals surface area contributed by atoms with Gasteiger partial charge < -0.3 is 4.84 Å². The average Bonchev–Trinajstić information content (AvgIpc) is 3.23. The molecule has 0 spiro atoms. The molecule has 0 fully saturated rings. The zero-order chi connectivity index (χ0) is 20.1. The average molecular weight is 448 g/mol. The van der Waals surface area contributed by atoms with Crippen LogP contribution in [0.15, 0.2) is 23.4 Å². The van der Waals surface area contributed by atoms with Crippen molar-refractivity contribution in [3.05, 3.63) is 54.7 Å². The molecule has 0 bridgehead atoms. The van der Waals surface area contributed by atoms with E-state index in [1.54, 1.807) is 0 Å². The van der Waals surface area contributed by atoms with Gasteiger partial charge in [0.2, 0.25) is 0 Å². The molecule has 0 saturated heterocycles. The first-order valence-corrected chi connectivity index (χ1v) is 10.2. The summed E-state index contributed by atoms with van der Waals surface area (Å²) in [4.78, 5) is 17.7. The SMILES string of the molecule is O=Cc1sc(C2=NOC(c3cc(Cl)cc(Cl)c3)(C(F)(F)F)C2)c2c1CCCC2. The molecule has 1 unspecified atom stereocenters. The molecule has 0 N–H and O–H groups in total. The number of carbonyl (C=O) groups excluding carboxylic acids is 1. The molecule has 1 atom stereocenters. The van der Waals surface area contributed by atoms with Crippen molar-refractivity contribution < 1.29 is 22.8 Å². The summed E-state index contributed by atoms with van der Waals surface area (Å²) in [6.45, 7) is 0. The first-order valence-electron chi connectivity index (χ1n) is 8.63. The van der Waals surface area contributed by atoms with E-state index in [-0.39, 0.29) is 21.3 Å². The lowest BCUT2D eigenvalue weighted by molar-refractivity contribution is -0.275. The topological polar surface area (TPSA) is 38.7 Å². The number of oxime groups is 1. The Kier molecular flexibility index (Phi) is 4.96. The lowest BCUT2D eigenvalue weighted by Crippen LogP contribution is -2.42. The van der Waals surface area contributed by atoms with Crippen LogP contribution in [0, 0.1) is 0 Å². The van der Waals surface area contributed by atoms with Crippen molar-refractivity contribution >= 4 is 46.5 Å². The van der Waals surface area contributed by atoms with Crippen LogP contribution in [0.25, 0.3) is 0 Å². The van der Waals surface area contributed by atoms with Crippen molar-refractivity contribution in [1.82, 2.24) is 0 Å². The summed E-state index contributed by atoms with van der Waals surface area (Å²) in [7, 11) is 0. The largest absolute Gasteiger partial charge is 0.435 e. The van der Waals surface area contributed by atoms with Crippen molar-refractivity contribution in [2.45, 2.75) is 43.9 Å². The highest BCUT2D eigenvalue weighted by atomic mass is 35.5. The molecule has 1 aromatic heterocycles. The van der Waals surface area contributed by atoms with Crippen molar-refractivity contribution in [2.24, 2.45) is 5.16 Å². The van der Waals surface area contributed by atoms with E-state index in [0.717, 1.165) is 43.1 Å². The lowest BCUT2D eigenvalue weighted by atomic mass is 9.85. The monoisotopic (exact) mass is 447 g/mol. The standard InChI is InChI=1S/C19H14Cl2F3NO2S/c20-11-5-10(6-12(21)7-11)18(19(22,23)24)8-15(25-27-18)17-14-4-2-1-3-13(14)16(9-26)28-17/h5-7,9H,1-4,8H2. The summed E-state index contributed by atoms with van der Waals surface area (Å²) in [5.41, 5.74) is -0.812. The number of halogens is 5. The van der Waals surface area contributed by atoms with Gasteiger partial charge in [-0.2, -0.15) is 13.2 Å². The van der Waals surface area contributed by atoms with E-state index >= 15 is 0 Å². The second-order valence-corrected chi connectivity index (χ2v) is 8.79. The fourth-order valence-corrected chi connectivity index (χ4v) is 5.52.